The van der Waals surface area contributed by atoms with Gasteiger partial charge >= 0.3 is 6.18 Å². The fourth-order valence-corrected chi connectivity index (χ4v) is 2.86. The Kier molecular flexibility index (Phi) is 4.53. The van der Waals surface area contributed by atoms with Gasteiger partial charge in [-0.3, -0.25) is 0 Å². The summed E-state index contributed by atoms with van der Waals surface area (Å²) in [6.45, 7) is 3.71. The molecule has 0 saturated heterocycles. The van der Waals surface area contributed by atoms with E-state index in [-0.39, 0.29) is 11.4 Å². The molecule has 0 aliphatic rings. The SMILES string of the molecule is CCc1c(C)[nH]c(-c2ccc(Br)cc2C(F)(F)F)nc1=S. The number of aryl methyl sites for hydroxylation is 1. The van der Waals surface area contributed by atoms with E-state index in [0.717, 1.165) is 17.3 Å². The summed E-state index contributed by atoms with van der Waals surface area (Å²) >= 11 is 8.23. The molecule has 0 spiro atoms. The number of aromatic amines is 1. The van der Waals surface area contributed by atoms with Crippen molar-refractivity contribution < 1.29 is 13.2 Å². The number of aromatic nitrogens is 2. The van der Waals surface area contributed by atoms with Gasteiger partial charge in [-0.2, -0.15) is 13.2 Å². The molecule has 2 nitrogen and oxygen atoms in total. The Morgan fingerprint density at radius 3 is 2.52 bits per heavy atom. The lowest BCUT2D eigenvalue weighted by Gasteiger charge is -2.14. The van der Waals surface area contributed by atoms with Crippen LogP contribution in [0.5, 0.6) is 0 Å². The molecule has 2 rings (SSSR count). The highest BCUT2D eigenvalue weighted by Crippen LogP contribution is 2.37. The minimum Gasteiger partial charge on any atom is -0.343 e. The summed E-state index contributed by atoms with van der Waals surface area (Å²) in [5, 5.41) is 0. The Bertz CT molecular complexity index is 738. The van der Waals surface area contributed by atoms with Gasteiger partial charge in [0.1, 0.15) is 10.5 Å². The van der Waals surface area contributed by atoms with E-state index in [1.165, 1.54) is 6.07 Å². The number of benzene rings is 1. The average Bonchev–Trinajstić information content (AvgIpc) is 2.37. The predicted molar refractivity (Wildman–Crippen MR) is 81.7 cm³/mol. The van der Waals surface area contributed by atoms with Gasteiger partial charge in [-0.05, 0) is 31.5 Å². The zero-order chi connectivity index (χ0) is 15.8. The van der Waals surface area contributed by atoms with Crippen LogP contribution >= 0.6 is 28.1 Å². The minimum absolute atomic E-state index is 0.0115. The average molecular weight is 377 g/mol. The van der Waals surface area contributed by atoms with E-state index in [1.807, 2.05) is 6.92 Å². The monoisotopic (exact) mass is 376 g/mol. The molecule has 7 heteroatoms. The summed E-state index contributed by atoms with van der Waals surface area (Å²) in [4.78, 5) is 7.05. The van der Waals surface area contributed by atoms with Crippen LogP contribution in [0.3, 0.4) is 0 Å². The molecule has 112 valence electrons. The van der Waals surface area contributed by atoms with Crippen molar-refractivity contribution in [3.05, 3.63) is 44.1 Å². The van der Waals surface area contributed by atoms with Gasteiger partial charge in [-0.1, -0.05) is 35.1 Å². The molecule has 0 radical (unpaired) electrons. The van der Waals surface area contributed by atoms with Crippen molar-refractivity contribution in [3.8, 4) is 11.4 Å². The molecular formula is C14H12BrF3N2S. The standard InChI is InChI=1S/C14H12BrF3N2S/c1-3-9-7(2)19-12(20-13(9)21)10-5-4-8(15)6-11(10)14(16,17)18/h4-6H,3H2,1-2H3,(H,19,20,21). The van der Waals surface area contributed by atoms with Gasteiger partial charge < -0.3 is 4.98 Å². The molecule has 1 aromatic carbocycles. The maximum absolute atomic E-state index is 13.2. The lowest BCUT2D eigenvalue weighted by Crippen LogP contribution is -2.09. The van der Waals surface area contributed by atoms with Crippen molar-refractivity contribution in [2.75, 3.05) is 0 Å². The van der Waals surface area contributed by atoms with E-state index in [0.29, 0.717) is 15.5 Å². The van der Waals surface area contributed by atoms with Gasteiger partial charge in [0.25, 0.3) is 0 Å². The number of halogens is 4. The summed E-state index contributed by atoms with van der Waals surface area (Å²) in [5.74, 6) is 0.134. The van der Waals surface area contributed by atoms with Gasteiger partial charge in [-0.25, -0.2) is 4.98 Å². The summed E-state index contributed by atoms with van der Waals surface area (Å²) in [6.07, 6.45) is -3.78. The summed E-state index contributed by atoms with van der Waals surface area (Å²) < 4.78 is 40.2. The molecule has 21 heavy (non-hydrogen) atoms. The van der Waals surface area contributed by atoms with Crippen molar-refractivity contribution in [2.24, 2.45) is 0 Å². The topological polar surface area (TPSA) is 28.7 Å². The van der Waals surface area contributed by atoms with Crippen LogP contribution in [0.15, 0.2) is 22.7 Å². The fourth-order valence-electron chi connectivity index (χ4n) is 2.11. The first-order valence-corrected chi connectivity index (χ1v) is 7.41. The number of nitrogens with zero attached hydrogens (tertiary/aromatic N) is 1. The van der Waals surface area contributed by atoms with E-state index in [9.17, 15) is 13.2 Å². The maximum Gasteiger partial charge on any atom is 0.417 e. The minimum atomic E-state index is -4.46. The molecule has 0 atom stereocenters. The normalized spacial score (nSPS) is 11.7. The van der Waals surface area contributed by atoms with Crippen molar-refractivity contribution in [1.82, 2.24) is 9.97 Å². The van der Waals surface area contributed by atoms with Crippen LogP contribution in [0.25, 0.3) is 11.4 Å². The first-order valence-electron chi connectivity index (χ1n) is 6.21. The van der Waals surface area contributed by atoms with E-state index in [4.69, 9.17) is 12.2 Å². The van der Waals surface area contributed by atoms with Crippen molar-refractivity contribution in [2.45, 2.75) is 26.4 Å². The molecule has 2 aromatic rings. The number of alkyl halides is 3. The number of nitrogens with one attached hydrogen (secondary N) is 1. The highest BCUT2D eigenvalue weighted by Gasteiger charge is 2.34. The number of H-pyrrole nitrogens is 1. The van der Waals surface area contributed by atoms with E-state index < -0.39 is 11.7 Å². The molecule has 0 amide bonds. The number of hydrogen-bond acceptors (Lipinski definition) is 2. The van der Waals surface area contributed by atoms with Crippen molar-refractivity contribution in [3.63, 3.8) is 0 Å². The van der Waals surface area contributed by atoms with Gasteiger partial charge in [-0.15, -0.1) is 0 Å². The molecule has 0 saturated carbocycles. The summed E-state index contributed by atoms with van der Waals surface area (Å²) in [6, 6.07) is 3.97. The maximum atomic E-state index is 13.2. The third-order valence-electron chi connectivity index (χ3n) is 3.13. The number of hydrogen-bond donors (Lipinski definition) is 1. The third kappa shape index (κ3) is 3.35. The lowest BCUT2D eigenvalue weighted by atomic mass is 10.1. The molecule has 1 heterocycles. The van der Waals surface area contributed by atoms with E-state index >= 15 is 0 Å². The van der Waals surface area contributed by atoms with Crippen LogP contribution in [0.2, 0.25) is 0 Å². The summed E-state index contributed by atoms with van der Waals surface area (Å²) in [7, 11) is 0. The quantitative estimate of drug-likeness (QED) is 0.705. The summed E-state index contributed by atoms with van der Waals surface area (Å²) in [5.41, 5.74) is 0.823. The first kappa shape index (κ1) is 16.2. The molecule has 0 aliphatic heterocycles. The smallest absolute Gasteiger partial charge is 0.343 e. The van der Waals surface area contributed by atoms with Crippen LogP contribution in [0.1, 0.15) is 23.7 Å². The Morgan fingerprint density at radius 1 is 1.33 bits per heavy atom. The van der Waals surface area contributed by atoms with Gasteiger partial charge in [0, 0.05) is 21.3 Å². The highest BCUT2D eigenvalue weighted by molar-refractivity contribution is 9.10. The van der Waals surface area contributed by atoms with Crippen LogP contribution in [0, 0.1) is 11.6 Å². The van der Waals surface area contributed by atoms with E-state index in [1.54, 1.807) is 13.0 Å². The second-order valence-corrected chi connectivity index (χ2v) is 5.84. The molecule has 0 aliphatic carbocycles. The Morgan fingerprint density at radius 2 is 2.00 bits per heavy atom. The zero-order valence-corrected chi connectivity index (χ0v) is 13.7. The second-order valence-electron chi connectivity index (χ2n) is 4.54. The molecular weight excluding hydrogens is 365 g/mol. The van der Waals surface area contributed by atoms with Gasteiger partial charge in [0.15, 0.2) is 0 Å². The zero-order valence-electron chi connectivity index (χ0n) is 11.3. The largest absolute Gasteiger partial charge is 0.417 e. The van der Waals surface area contributed by atoms with Gasteiger partial charge in [0.2, 0.25) is 0 Å². The lowest BCUT2D eigenvalue weighted by molar-refractivity contribution is -0.137. The van der Waals surface area contributed by atoms with Gasteiger partial charge in [0.05, 0.1) is 5.56 Å². The van der Waals surface area contributed by atoms with Crippen molar-refractivity contribution in [1.29, 1.82) is 0 Å². The molecule has 0 bridgehead atoms. The Labute approximate surface area is 133 Å². The first-order chi connectivity index (χ1) is 9.74. The molecule has 1 N–H and O–H groups in total. The van der Waals surface area contributed by atoms with Crippen LogP contribution < -0.4 is 0 Å². The number of rotatable bonds is 2. The predicted octanol–water partition coefficient (Wildman–Crippen LogP) is 5.46. The van der Waals surface area contributed by atoms with E-state index in [2.05, 4.69) is 25.9 Å². The molecule has 0 fully saturated rings. The highest BCUT2D eigenvalue weighted by atomic mass is 79.9. The van der Waals surface area contributed by atoms with Crippen LogP contribution in [0.4, 0.5) is 13.2 Å². The van der Waals surface area contributed by atoms with Crippen LogP contribution in [-0.2, 0) is 12.6 Å². The molecule has 1 aromatic heterocycles. The Hall–Kier alpha value is -1.21. The molecule has 0 unspecified atom stereocenters. The van der Waals surface area contributed by atoms with Crippen molar-refractivity contribution >= 4 is 28.1 Å². The Balaban J connectivity index is 2.71. The van der Waals surface area contributed by atoms with Crippen LogP contribution in [-0.4, -0.2) is 9.97 Å². The second kappa shape index (κ2) is 5.88. The third-order valence-corrected chi connectivity index (χ3v) is 3.96. The fraction of sp³-hybridized carbons (Fsp3) is 0.286.